The number of aromatic nitrogens is 1. The number of thiophene rings is 1. The summed E-state index contributed by atoms with van der Waals surface area (Å²) < 4.78 is 14.2. The highest BCUT2D eigenvalue weighted by molar-refractivity contribution is 7.17. The minimum absolute atomic E-state index is 0.0872. The SMILES string of the molecule is CCn1c(C(=O)Nc2c(C(=O)c3cccc(OC)c3)oc3ccccc23)cc2sccc21. The molecule has 6 nitrogen and oxygen atoms in total. The van der Waals surface area contributed by atoms with Crippen LogP contribution < -0.4 is 10.1 Å². The number of nitrogens with one attached hydrogen (secondary N) is 1. The molecule has 0 saturated carbocycles. The van der Waals surface area contributed by atoms with Crippen molar-refractivity contribution in [3.63, 3.8) is 0 Å². The van der Waals surface area contributed by atoms with E-state index in [9.17, 15) is 9.59 Å². The first-order chi connectivity index (χ1) is 15.6. The van der Waals surface area contributed by atoms with E-state index in [0.717, 1.165) is 10.2 Å². The summed E-state index contributed by atoms with van der Waals surface area (Å²) in [6.07, 6.45) is 0. The molecule has 0 radical (unpaired) electrons. The van der Waals surface area contributed by atoms with Gasteiger partial charge in [0.2, 0.25) is 5.78 Å². The van der Waals surface area contributed by atoms with Gasteiger partial charge in [-0.3, -0.25) is 9.59 Å². The molecule has 5 rings (SSSR count). The van der Waals surface area contributed by atoms with Crippen LogP contribution in [0.15, 0.2) is 70.5 Å². The van der Waals surface area contributed by atoms with Crippen LogP contribution in [0.3, 0.4) is 0 Å². The number of hydrogen-bond donors (Lipinski definition) is 1. The largest absolute Gasteiger partial charge is 0.497 e. The number of aryl methyl sites for hydroxylation is 1. The van der Waals surface area contributed by atoms with Crippen molar-refractivity contribution in [1.29, 1.82) is 0 Å². The Morgan fingerprint density at radius 3 is 2.75 bits per heavy atom. The number of methoxy groups -OCH3 is 1. The molecule has 1 N–H and O–H groups in total. The number of anilines is 1. The van der Waals surface area contributed by atoms with Crippen molar-refractivity contribution < 1.29 is 18.7 Å². The number of carbonyl (C=O) groups is 2. The molecule has 0 aliphatic heterocycles. The standard InChI is InChI=1S/C25H20N2O4S/c1-3-27-18-11-12-32-21(18)14-19(27)25(29)26-22-17-9-4-5-10-20(17)31-24(22)23(28)15-7-6-8-16(13-15)30-2/h4-14H,3H2,1-2H3,(H,26,29). The lowest BCUT2D eigenvalue weighted by Gasteiger charge is -2.09. The van der Waals surface area contributed by atoms with E-state index < -0.39 is 0 Å². The molecule has 0 unspecified atom stereocenters. The number of carbonyl (C=O) groups excluding carboxylic acids is 2. The zero-order valence-electron chi connectivity index (χ0n) is 17.5. The van der Waals surface area contributed by atoms with Gasteiger partial charge in [-0.25, -0.2) is 0 Å². The highest BCUT2D eigenvalue weighted by Gasteiger charge is 2.25. The van der Waals surface area contributed by atoms with Crippen molar-refractivity contribution in [2.45, 2.75) is 13.5 Å². The Labute approximate surface area is 188 Å². The number of ketones is 1. The molecular formula is C25H20N2O4S. The first-order valence-electron chi connectivity index (χ1n) is 10.2. The number of nitrogens with zero attached hydrogens (tertiary/aromatic N) is 1. The molecule has 5 aromatic rings. The summed E-state index contributed by atoms with van der Waals surface area (Å²) in [4.78, 5) is 26.7. The van der Waals surface area contributed by atoms with Gasteiger partial charge in [0.1, 0.15) is 17.0 Å². The van der Waals surface area contributed by atoms with Gasteiger partial charge in [0.15, 0.2) is 5.76 Å². The molecule has 3 heterocycles. The second-order valence-corrected chi connectivity index (χ2v) is 8.21. The summed E-state index contributed by atoms with van der Waals surface area (Å²) in [7, 11) is 1.55. The van der Waals surface area contributed by atoms with Crippen LogP contribution in [0.2, 0.25) is 0 Å². The van der Waals surface area contributed by atoms with Crippen molar-refractivity contribution in [3.8, 4) is 5.75 Å². The number of hydrogen-bond acceptors (Lipinski definition) is 5. The molecule has 3 aromatic heterocycles. The third-order valence-corrected chi connectivity index (χ3v) is 6.30. The molecular weight excluding hydrogens is 424 g/mol. The lowest BCUT2D eigenvalue weighted by atomic mass is 10.1. The maximum atomic E-state index is 13.3. The lowest BCUT2D eigenvalue weighted by Crippen LogP contribution is -2.18. The summed E-state index contributed by atoms with van der Waals surface area (Å²) in [5.41, 5.74) is 2.87. The number of benzene rings is 2. The Bertz CT molecular complexity index is 1470. The highest BCUT2D eigenvalue weighted by Crippen LogP contribution is 2.34. The van der Waals surface area contributed by atoms with E-state index in [0.29, 0.717) is 40.2 Å². The summed E-state index contributed by atoms with van der Waals surface area (Å²) in [6.45, 7) is 2.66. The molecule has 0 saturated heterocycles. The fourth-order valence-corrected chi connectivity index (χ4v) is 4.73. The van der Waals surface area contributed by atoms with Gasteiger partial charge in [0.25, 0.3) is 5.91 Å². The van der Waals surface area contributed by atoms with Crippen LogP contribution in [0.25, 0.3) is 21.2 Å². The second-order valence-electron chi connectivity index (χ2n) is 7.26. The van der Waals surface area contributed by atoms with Crippen LogP contribution in [0.4, 0.5) is 5.69 Å². The lowest BCUT2D eigenvalue weighted by molar-refractivity contribution is 0.101. The minimum atomic E-state index is -0.331. The maximum Gasteiger partial charge on any atom is 0.272 e. The van der Waals surface area contributed by atoms with Gasteiger partial charge >= 0.3 is 0 Å². The smallest absolute Gasteiger partial charge is 0.272 e. The third-order valence-electron chi connectivity index (χ3n) is 5.44. The van der Waals surface area contributed by atoms with Crippen molar-refractivity contribution in [3.05, 3.63) is 83.1 Å². The fraction of sp³-hybridized carbons (Fsp3) is 0.120. The number of para-hydroxylation sites is 1. The molecule has 0 atom stereocenters. The average molecular weight is 445 g/mol. The predicted molar refractivity (Wildman–Crippen MR) is 126 cm³/mol. The minimum Gasteiger partial charge on any atom is -0.497 e. The van der Waals surface area contributed by atoms with Crippen molar-refractivity contribution >= 4 is 49.9 Å². The van der Waals surface area contributed by atoms with Gasteiger partial charge in [-0.2, -0.15) is 0 Å². The summed E-state index contributed by atoms with van der Waals surface area (Å²) >= 11 is 1.59. The molecule has 0 bridgehead atoms. The molecule has 0 aliphatic rings. The van der Waals surface area contributed by atoms with Gasteiger partial charge in [0.05, 0.1) is 23.0 Å². The van der Waals surface area contributed by atoms with E-state index >= 15 is 0 Å². The van der Waals surface area contributed by atoms with Crippen LogP contribution in [-0.4, -0.2) is 23.4 Å². The maximum absolute atomic E-state index is 13.3. The van der Waals surface area contributed by atoms with Crippen LogP contribution in [-0.2, 0) is 6.54 Å². The highest BCUT2D eigenvalue weighted by atomic mass is 32.1. The Hall–Kier alpha value is -3.84. The zero-order chi connectivity index (χ0) is 22.2. The van der Waals surface area contributed by atoms with E-state index in [1.807, 2.05) is 47.2 Å². The molecule has 2 aromatic carbocycles. The van der Waals surface area contributed by atoms with Crippen LogP contribution >= 0.6 is 11.3 Å². The number of fused-ring (bicyclic) bond motifs is 2. The summed E-state index contributed by atoms with van der Waals surface area (Å²) in [6, 6.07) is 18.0. The summed E-state index contributed by atoms with van der Waals surface area (Å²) in [5.74, 6) is 0.0337. The quantitative estimate of drug-likeness (QED) is 0.328. The average Bonchev–Trinajstić information content (AvgIpc) is 3.51. The number of ether oxygens (including phenoxy) is 1. The molecule has 7 heteroatoms. The molecule has 32 heavy (non-hydrogen) atoms. The van der Waals surface area contributed by atoms with E-state index in [2.05, 4.69) is 5.32 Å². The first kappa shape index (κ1) is 20.1. The number of amides is 1. The predicted octanol–water partition coefficient (Wildman–Crippen LogP) is 5.96. The van der Waals surface area contributed by atoms with Crippen LogP contribution in [0.1, 0.15) is 33.5 Å². The second kappa shape index (κ2) is 8.01. The Kier molecular flexibility index (Phi) is 5.03. The van der Waals surface area contributed by atoms with Crippen LogP contribution in [0, 0.1) is 0 Å². The number of furan rings is 1. The Morgan fingerprint density at radius 2 is 1.94 bits per heavy atom. The van der Waals surface area contributed by atoms with Crippen molar-refractivity contribution in [2.24, 2.45) is 0 Å². The molecule has 0 aliphatic carbocycles. The van der Waals surface area contributed by atoms with Gasteiger partial charge in [-0.05, 0) is 48.7 Å². The normalized spacial score (nSPS) is 11.2. The zero-order valence-corrected chi connectivity index (χ0v) is 18.4. The molecule has 160 valence electrons. The number of rotatable bonds is 6. The third kappa shape index (κ3) is 3.27. The van der Waals surface area contributed by atoms with Gasteiger partial charge in [-0.1, -0.05) is 24.3 Å². The van der Waals surface area contributed by atoms with Crippen LogP contribution in [0.5, 0.6) is 5.75 Å². The first-order valence-corrected chi connectivity index (χ1v) is 11.1. The van der Waals surface area contributed by atoms with E-state index in [4.69, 9.17) is 9.15 Å². The van der Waals surface area contributed by atoms with Gasteiger partial charge in [-0.15, -0.1) is 11.3 Å². The molecule has 0 spiro atoms. The van der Waals surface area contributed by atoms with Gasteiger partial charge in [0, 0.05) is 17.5 Å². The molecule has 0 fully saturated rings. The Morgan fingerprint density at radius 1 is 1.09 bits per heavy atom. The van der Waals surface area contributed by atoms with E-state index in [1.165, 1.54) is 0 Å². The van der Waals surface area contributed by atoms with E-state index in [-0.39, 0.29) is 17.5 Å². The van der Waals surface area contributed by atoms with E-state index in [1.54, 1.807) is 48.8 Å². The Balaban J connectivity index is 1.59. The monoisotopic (exact) mass is 444 g/mol. The van der Waals surface area contributed by atoms with Gasteiger partial charge < -0.3 is 19.0 Å². The van der Waals surface area contributed by atoms with Crippen molar-refractivity contribution in [1.82, 2.24) is 4.57 Å². The van der Waals surface area contributed by atoms with Crippen molar-refractivity contribution in [2.75, 3.05) is 12.4 Å². The topological polar surface area (TPSA) is 73.5 Å². The fourth-order valence-electron chi connectivity index (χ4n) is 3.91. The molecule has 1 amide bonds. The summed E-state index contributed by atoms with van der Waals surface area (Å²) in [5, 5.41) is 5.63.